The minimum atomic E-state index is -1.15. The number of phenolic OH excluding ortho intramolecular Hbond substituents is 2. The maximum absolute atomic E-state index is 13.2. The molecule has 4 aromatic rings. The molecule has 7 heteroatoms. The number of phenols is 2. The number of Topliss-reactive ketones (excluding diaryl/α,β-unsaturated/α-hetero) is 1. The van der Waals surface area contributed by atoms with E-state index in [0.717, 1.165) is 16.7 Å². The molecule has 0 amide bonds. The quantitative estimate of drug-likeness (QED) is 0.179. The highest BCUT2D eigenvalue weighted by Crippen LogP contribution is 2.45. The van der Waals surface area contributed by atoms with Crippen LogP contribution in [0.1, 0.15) is 98.3 Å². The number of benzene rings is 3. The smallest absolute Gasteiger partial charge is 0.311 e. The molecular weight excluding hydrogens is 530 g/mol. The lowest BCUT2D eigenvalue weighted by atomic mass is 9.78. The van der Waals surface area contributed by atoms with Crippen molar-refractivity contribution in [3.63, 3.8) is 0 Å². The number of aliphatic hydroxyl groups excluding tert-OH is 1. The zero-order chi connectivity index (χ0) is 30.6. The summed E-state index contributed by atoms with van der Waals surface area (Å²) in [6.07, 6.45) is -0.609. The Labute approximate surface area is 245 Å². The first kappa shape index (κ1) is 29.3. The van der Waals surface area contributed by atoms with Crippen molar-refractivity contribution < 1.29 is 29.6 Å². The molecule has 1 heterocycles. The number of hydrogen-bond acceptors (Lipinski definition) is 7. The van der Waals surface area contributed by atoms with Crippen molar-refractivity contribution in [1.29, 1.82) is 0 Å². The molecule has 1 aliphatic carbocycles. The van der Waals surface area contributed by atoms with Gasteiger partial charge >= 0.3 is 5.97 Å². The zero-order valence-electron chi connectivity index (χ0n) is 24.9. The molecule has 1 aromatic heterocycles. The third-order valence-corrected chi connectivity index (χ3v) is 7.89. The average Bonchev–Trinajstić information content (AvgIpc) is 3.17. The Bertz CT molecular complexity index is 1670. The molecule has 3 aromatic carbocycles. The summed E-state index contributed by atoms with van der Waals surface area (Å²) < 4.78 is 5.78. The van der Waals surface area contributed by atoms with Crippen molar-refractivity contribution in [3.8, 4) is 17.2 Å². The van der Waals surface area contributed by atoms with Gasteiger partial charge in [0, 0.05) is 11.8 Å². The summed E-state index contributed by atoms with van der Waals surface area (Å²) in [5.74, 6) is -1.45. The number of para-hydroxylation sites is 1. The van der Waals surface area contributed by atoms with Crippen LogP contribution in [0, 0.1) is 0 Å². The SMILES string of the molecule is CC(C)(C)c1cc(CCC(=O)Oc2cccc3ccc(C4C(=O)c5c(O)cccc5C4O)nc23)cc(C(C)(C)C)c1O. The van der Waals surface area contributed by atoms with Gasteiger partial charge in [0.25, 0.3) is 0 Å². The predicted octanol–water partition coefficient (Wildman–Crippen LogP) is 6.79. The lowest BCUT2D eigenvalue weighted by Gasteiger charge is -2.28. The maximum atomic E-state index is 13.2. The van der Waals surface area contributed by atoms with E-state index in [4.69, 9.17) is 4.74 Å². The van der Waals surface area contributed by atoms with Crippen LogP contribution in [0.4, 0.5) is 0 Å². The molecule has 0 spiro atoms. The van der Waals surface area contributed by atoms with E-state index in [9.17, 15) is 24.9 Å². The van der Waals surface area contributed by atoms with Crippen molar-refractivity contribution in [3.05, 3.63) is 94.2 Å². The molecule has 0 aliphatic heterocycles. The second-order valence-electron chi connectivity index (χ2n) is 13.1. The van der Waals surface area contributed by atoms with Crippen LogP contribution in [0.3, 0.4) is 0 Å². The number of fused-ring (bicyclic) bond motifs is 2. The fourth-order valence-corrected chi connectivity index (χ4v) is 5.64. The fraction of sp³-hybridized carbons (Fsp3) is 0.343. The van der Waals surface area contributed by atoms with Crippen molar-refractivity contribution in [2.24, 2.45) is 0 Å². The molecule has 3 N–H and O–H groups in total. The number of aliphatic hydroxyl groups is 1. The van der Waals surface area contributed by atoms with Gasteiger partial charge in [0.05, 0.1) is 23.3 Å². The summed E-state index contributed by atoms with van der Waals surface area (Å²) >= 11 is 0. The Balaban J connectivity index is 1.39. The summed E-state index contributed by atoms with van der Waals surface area (Å²) in [7, 11) is 0. The fourth-order valence-electron chi connectivity index (χ4n) is 5.64. The van der Waals surface area contributed by atoms with Gasteiger partial charge in [-0.25, -0.2) is 4.98 Å². The molecule has 5 rings (SSSR count). The topological polar surface area (TPSA) is 117 Å². The first-order valence-electron chi connectivity index (χ1n) is 14.2. The number of ether oxygens (including phenoxy) is 1. The molecule has 0 radical (unpaired) electrons. The van der Waals surface area contributed by atoms with E-state index in [2.05, 4.69) is 4.98 Å². The van der Waals surface area contributed by atoms with E-state index in [1.807, 2.05) is 59.7 Å². The highest BCUT2D eigenvalue weighted by atomic mass is 16.5. The Morgan fingerprint density at radius 1 is 0.905 bits per heavy atom. The molecule has 0 bridgehead atoms. The van der Waals surface area contributed by atoms with Crippen molar-refractivity contribution in [2.45, 2.75) is 77.2 Å². The van der Waals surface area contributed by atoms with Crippen LogP contribution >= 0.6 is 0 Å². The highest BCUT2D eigenvalue weighted by Gasteiger charge is 2.42. The number of nitrogens with zero attached hydrogens (tertiary/aromatic N) is 1. The molecule has 0 saturated carbocycles. The van der Waals surface area contributed by atoms with Gasteiger partial charge in [-0.2, -0.15) is 0 Å². The average molecular weight is 568 g/mol. The number of aromatic nitrogens is 1. The zero-order valence-corrected chi connectivity index (χ0v) is 24.9. The van der Waals surface area contributed by atoms with Crippen LogP contribution in [0.15, 0.2) is 60.7 Å². The molecular formula is C35H37NO6. The van der Waals surface area contributed by atoms with Gasteiger partial charge in [0.2, 0.25) is 0 Å². The summed E-state index contributed by atoms with van der Waals surface area (Å²) in [5.41, 5.74) is 3.26. The Hall–Kier alpha value is -4.23. The summed E-state index contributed by atoms with van der Waals surface area (Å²) in [6, 6.07) is 17.2. The van der Waals surface area contributed by atoms with Gasteiger partial charge < -0.3 is 20.1 Å². The van der Waals surface area contributed by atoms with Crippen LogP contribution < -0.4 is 4.74 Å². The first-order chi connectivity index (χ1) is 19.7. The second-order valence-corrected chi connectivity index (χ2v) is 13.1. The van der Waals surface area contributed by atoms with E-state index in [1.165, 1.54) is 6.07 Å². The number of rotatable bonds is 5. The Kier molecular flexibility index (Phi) is 7.35. The number of carbonyl (C=O) groups excluding carboxylic acids is 2. The van der Waals surface area contributed by atoms with E-state index in [1.54, 1.807) is 36.4 Å². The number of carbonyl (C=O) groups is 2. The molecule has 1 aliphatic rings. The standard InChI is InChI=1S/C35H37NO6/c1-34(2,3)22-17-19(18-23(32(22)40)35(4,5)6)13-16-27(38)42-26-12-7-9-20-14-15-24(36-30(20)26)29-31(39)21-10-8-11-25(37)28(21)33(29)41/h7-12,14-15,17-18,29,31,37,39-40H,13,16H2,1-6H3. The third-order valence-electron chi connectivity index (χ3n) is 7.89. The van der Waals surface area contributed by atoms with Crippen LogP contribution in [-0.4, -0.2) is 32.1 Å². The molecule has 7 nitrogen and oxygen atoms in total. The molecule has 2 atom stereocenters. The van der Waals surface area contributed by atoms with E-state index in [-0.39, 0.29) is 34.3 Å². The van der Waals surface area contributed by atoms with Crippen LogP contribution in [-0.2, 0) is 22.0 Å². The molecule has 0 saturated heterocycles. The van der Waals surface area contributed by atoms with E-state index < -0.39 is 23.8 Å². The van der Waals surface area contributed by atoms with Crippen LogP contribution in [0.2, 0.25) is 0 Å². The van der Waals surface area contributed by atoms with Crippen molar-refractivity contribution in [2.75, 3.05) is 0 Å². The van der Waals surface area contributed by atoms with Crippen molar-refractivity contribution >= 4 is 22.7 Å². The first-order valence-corrected chi connectivity index (χ1v) is 14.2. The number of pyridine rings is 1. The lowest BCUT2D eigenvalue weighted by Crippen LogP contribution is -2.18. The number of esters is 1. The largest absolute Gasteiger partial charge is 0.507 e. The van der Waals surface area contributed by atoms with Gasteiger partial charge in [0.15, 0.2) is 11.5 Å². The second kappa shape index (κ2) is 10.6. The maximum Gasteiger partial charge on any atom is 0.311 e. The van der Waals surface area contributed by atoms with Gasteiger partial charge in [0.1, 0.15) is 17.0 Å². The monoisotopic (exact) mass is 567 g/mol. The van der Waals surface area contributed by atoms with E-state index in [0.29, 0.717) is 34.3 Å². The predicted molar refractivity (Wildman–Crippen MR) is 161 cm³/mol. The van der Waals surface area contributed by atoms with Crippen molar-refractivity contribution in [1.82, 2.24) is 4.98 Å². The number of aryl methyl sites for hydroxylation is 1. The molecule has 0 fully saturated rings. The third kappa shape index (κ3) is 5.37. The number of ketones is 1. The van der Waals surface area contributed by atoms with Gasteiger partial charge in [-0.1, -0.05) is 84.0 Å². The number of hydrogen-bond donors (Lipinski definition) is 3. The van der Waals surface area contributed by atoms with Crippen LogP contribution in [0.5, 0.6) is 17.2 Å². The summed E-state index contributed by atoms with van der Waals surface area (Å²) in [4.78, 5) is 30.9. The van der Waals surface area contributed by atoms with Gasteiger partial charge in [-0.15, -0.1) is 0 Å². The van der Waals surface area contributed by atoms with E-state index >= 15 is 0 Å². The highest BCUT2D eigenvalue weighted by molar-refractivity contribution is 6.08. The Morgan fingerprint density at radius 3 is 2.17 bits per heavy atom. The molecule has 42 heavy (non-hydrogen) atoms. The summed E-state index contributed by atoms with van der Waals surface area (Å²) in [6.45, 7) is 12.3. The van der Waals surface area contributed by atoms with Crippen LogP contribution in [0.25, 0.3) is 10.9 Å². The summed E-state index contributed by atoms with van der Waals surface area (Å²) in [5, 5.41) is 32.9. The number of aromatic hydroxyl groups is 2. The molecule has 2 unspecified atom stereocenters. The minimum absolute atomic E-state index is 0.107. The van der Waals surface area contributed by atoms with Gasteiger partial charge in [-0.3, -0.25) is 9.59 Å². The molecule has 218 valence electrons. The Morgan fingerprint density at radius 2 is 1.55 bits per heavy atom. The minimum Gasteiger partial charge on any atom is -0.507 e. The lowest BCUT2D eigenvalue weighted by molar-refractivity contribution is -0.134. The van der Waals surface area contributed by atoms with Gasteiger partial charge in [-0.05, 0) is 57.7 Å². The normalized spacial score (nSPS) is 17.0.